The largest absolute Gasteiger partial charge is 0.497 e. The Bertz CT molecular complexity index is 742. The third-order valence-electron chi connectivity index (χ3n) is 8.46. The Morgan fingerprint density at radius 3 is 2.34 bits per heavy atom. The molecule has 32 heavy (non-hydrogen) atoms. The minimum absolute atomic E-state index is 0.309. The number of aliphatic hydroxyl groups excluding tert-OH is 1. The van der Waals surface area contributed by atoms with E-state index < -0.39 is 6.10 Å². The molecule has 6 nitrogen and oxygen atoms in total. The van der Waals surface area contributed by atoms with E-state index in [2.05, 4.69) is 28.2 Å². The van der Waals surface area contributed by atoms with Gasteiger partial charge in [0.2, 0.25) is 0 Å². The summed E-state index contributed by atoms with van der Waals surface area (Å²) in [6.07, 6.45) is 7.92. The van der Waals surface area contributed by atoms with Crippen LogP contribution < -0.4 is 14.8 Å². The van der Waals surface area contributed by atoms with Gasteiger partial charge in [-0.25, -0.2) is 0 Å². The van der Waals surface area contributed by atoms with E-state index in [1.54, 1.807) is 7.11 Å². The molecule has 1 heterocycles. The number of nitrogens with one attached hydrogen (secondary N) is 1. The van der Waals surface area contributed by atoms with Gasteiger partial charge in [-0.3, -0.25) is 4.90 Å². The van der Waals surface area contributed by atoms with Gasteiger partial charge >= 0.3 is 0 Å². The van der Waals surface area contributed by atoms with Gasteiger partial charge in [-0.1, -0.05) is 6.07 Å². The summed E-state index contributed by atoms with van der Waals surface area (Å²) in [6.45, 7) is 5.93. The molecule has 0 aromatic heterocycles. The number of rotatable bonds is 9. The van der Waals surface area contributed by atoms with Gasteiger partial charge in [-0.2, -0.15) is 0 Å². The molecule has 0 spiro atoms. The van der Waals surface area contributed by atoms with E-state index in [-0.39, 0.29) is 0 Å². The van der Waals surface area contributed by atoms with Crippen molar-refractivity contribution in [3.05, 3.63) is 23.8 Å². The molecule has 6 heteroatoms. The summed E-state index contributed by atoms with van der Waals surface area (Å²) in [5, 5.41) is 14.6. The predicted molar refractivity (Wildman–Crippen MR) is 126 cm³/mol. The Labute approximate surface area is 193 Å². The second-order valence-corrected chi connectivity index (χ2v) is 11.1. The standard InChI is InChI=1S/C26H41N3O3/c1-28-5-7-29(8-6-28)17-23(30)18-32-25-12-24(31-2)4-3-22(25)16-27-26-13-19-9-20(14-26)11-21(10-19)15-26/h3-4,12,19-21,23,27,30H,5-11,13-18H2,1-2H3/t19?,20?,21?,23-,26?/m0/s1. The fraction of sp³-hybridized carbons (Fsp3) is 0.769. The molecule has 6 rings (SSSR count). The Morgan fingerprint density at radius 2 is 1.72 bits per heavy atom. The predicted octanol–water partition coefficient (Wildman–Crippen LogP) is 2.74. The third-order valence-corrected chi connectivity index (χ3v) is 8.46. The van der Waals surface area contributed by atoms with Crippen molar-refractivity contribution in [2.24, 2.45) is 17.8 Å². The molecular weight excluding hydrogens is 402 g/mol. The van der Waals surface area contributed by atoms with E-state index in [9.17, 15) is 5.11 Å². The molecule has 0 unspecified atom stereocenters. The average Bonchev–Trinajstić information content (AvgIpc) is 2.77. The van der Waals surface area contributed by atoms with Crippen LogP contribution in [0.3, 0.4) is 0 Å². The van der Waals surface area contributed by atoms with E-state index >= 15 is 0 Å². The number of hydrogen-bond acceptors (Lipinski definition) is 6. The van der Waals surface area contributed by atoms with Crippen LogP contribution in [0.1, 0.15) is 44.1 Å². The molecule has 2 N–H and O–H groups in total. The minimum Gasteiger partial charge on any atom is -0.497 e. The zero-order valence-electron chi connectivity index (χ0n) is 19.9. The van der Waals surface area contributed by atoms with Crippen molar-refractivity contribution < 1.29 is 14.6 Å². The van der Waals surface area contributed by atoms with E-state index in [0.717, 1.165) is 67.5 Å². The van der Waals surface area contributed by atoms with Gasteiger partial charge in [-0.05, 0) is 69.4 Å². The number of benzene rings is 1. The van der Waals surface area contributed by atoms with Crippen molar-refractivity contribution in [1.82, 2.24) is 15.1 Å². The number of aliphatic hydroxyl groups is 1. The molecule has 4 bridgehead atoms. The first kappa shape index (κ1) is 22.5. The zero-order chi connectivity index (χ0) is 22.1. The van der Waals surface area contributed by atoms with Crippen LogP contribution in [0.2, 0.25) is 0 Å². The second kappa shape index (κ2) is 9.49. The highest BCUT2D eigenvalue weighted by Crippen LogP contribution is 2.55. The van der Waals surface area contributed by atoms with Gasteiger partial charge in [-0.15, -0.1) is 0 Å². The van der Waals surface area contributed by atoms with Crippen LogP contribution in [0.15, 0.2) is 18.2 Å². The van der Waals surface area contributed by atoms with Gasteiger partial charge in [0.25, 0.3) is 0 Å². The number of nitrogens with zero attached hydrogens (tertiary/aromatic N) is 2. The van der Waals surface area contributed by atoms with Gasteiger partial charge in [0.1, 0.15) is 24.2 Å². The second-order valence-electron chi connectivity index (χ2n) is 11.1. The van der Waals surface area contributed by atoms with E-state index in [4.69, 9.17) is 9.47 Å². The molecule has 4 aliphatic carbocycles. The summed E-state index contributed by atoms with van der Waals surface area (Å²) in [4.78, 5) is 4.66. The van der Waals surface area contributed by atoms with E-state index in [0.29, 0.717) is 18.7 Å². The summed E-state index contributed by atoms with van der Waals surface area (Å²) in [5.74, 6) is 4.44. The lowest BCUT2D eigenvalue weighted by molar-refractivity contribution is -0.0207. The third kappa shape index (κ3) is 5.09. The lowest BCUT2D eigenvalue weighted by Gasteiger charge is -2.57. The van der Waals surface area contributed by atoms with Crippen molar-refractivity contribution in [1.29, 1.82) is 0 Å². The first-order valence-electron chi connectivity index (χ1n) is 12.6. The highest BCUT2D eigenvalue weighted by molar-refractivity contribution is 5.41. The first-order chi connectivity index (χ1) is 15.5. The SMILES string of the molecule is COc1ccc(CNC23CC4CC(CC(C4)C2)C3)c(OC[C@@H](O)CN2CCN(C)CC2)c1. The fourth-order valence-electron chi connectivity index (χ4n) is 7.12. The van der Waals surface area contributed by atoms with Gasteiger partial charge < -0.3 is 24.8 Å². The van der Waals surface area contributed by atoms with Crippen LogP contribution in [-0.2, 0) is 6.54 Å². The zero-order valence-corrected chi connectivity index (χ0v) is 19.9. The van der Waals surface area contributed by atoms with Crippen LogP contribution in [0, 0.1) is 17.8 Å². The molecule has 5 fully saturated rings. The Morgan fingerprint density at radius 1 is 1.06 bits per heavy atom. The average molecular weight is 444 g/mol. The quantitative estimate of drug-likeness (QED) is 0.612. The van der Waals surface area contributed by atoms with Crippen LogP contribution in [0.5, 0.6) is 11.5 Å². The van der Waals surface area contributed by atoms with Crippen LogP contribution in [0.4, 0.5) is 0 Å². The van der Waals surface area contributed by atoms with Crippen LogP contribution in [0.25, 0.3) is 0 Å². The van der Waals surface area contributed by atoms with E-state index in [1.165, 1.54) is 38.5 Å². The summed E-state index contributed by atoms with van der Waals surface area (Å²) in [5.41, 5.74) is 1.49. The number of hydrogen-bond donors (Lipinski definition) is 2. The van der Waals surface area contributed by atoms with Crippen molar-refractivity contribution in [2.45, 2.75) is 56.7 Å². The maximum absolute atomic E-state index is 10.6. The minimum atomic E-state index is -0.492. The monoisotopic (exact) mass is 443 g/mol. The van der Waals surface area contributed by atoms with Crippen molar-refractivity contribution in [2.75, 3.05) is 53.5 Å². The van der Waals surface area contributed by atoms with Crippen molar-refractivity contribution in [3.8, 4) is 11.5 Å². The highest BCUT2D eigenvalue weighted by Gasteiger charge is 2.50. The normalized spacial score (nSPS) is 33.4. The molecule has 1 saturated heterocycles. The number of piperazine rings is 1. The Kier molecular flexibility index (Phi) is 6.66. The maximum atomic E-state index is 10.6. The van der Waals surface area contributed by atoms with Gasteiger partial charge in [0, 0.05) is 56.4 Å². The van der Waals surface area contributed by atoms with Crippen molar-refractivity contribution in [3.63, 3.8) is 0 Å². The lowest BCUT2D eigenvalue weighted by atomic mass is 9.53. The molecule has 0 amide bonds. The Balaban J connectivity index is 1.19. The molecule has 5 aliphatic rings. The summed E-state index contributed by atoms with van der Waals surface area (Å²) >= 11 is 0. The molecule has 178 valence electrons. The number of methoxy groups -OCH3 is 1. The Hall–Kier alpha value is -1.34. The maximum Gasteiger partial charge on any atom is 0.127 e. The van der Waals surface area contributed by atoms with Gasteiger partial charge in [0.05, 0.1) is 7.11 Å². The number of β-amino-alcohol motifs (C(OH)–C–C–N with tert-alkyl or cyclic N) is 1. The first-order valence-corrected chi connectivity index (χ1v) is 12.6. The number of likely N-dealkylation sites (N-methyl/N-ethyl adjacent to an activating group) is 1. The molecule has 4 saturated carbocycles. The summed E-state index contributed by atoms with van der Waals surface area (Å²) in [7, 11) is 3.84. The summed E-state index contributed by atoms with van der Waals surface area (Å²) in [6, 6.07) is 6.11. The smallest absolute Gasteiger partial charge is 0.127 e. The molecule has 1 aromatic rings. The highest BCUT2D eigenvalue weighted by atomic mass is 16.5. The molecule has 1 aliphatic heterocycles. The van der Waals surface area contributed by atoms with Crippen LogP contribution >= 0.6 is 0 Å². The summed E-state index contributed by atoms with van der Waals surface area (Å²) < 4.78 is 11.6. The molecule has 0 radical (unpaired) electrons. The number of ether oxygens (including phenoxy) is 2. The van der Waals surface area contributed by atoms with Gasteiger partial charge in [0.15, 0.2) is 0 Å². The lowest BCUT2D eigenvalue weighted by Crippen LogP contribution is -2.58. The topological polar surface area (TPSA) is 57.2 Å². The molecular formula is C26H41N3O3. The van der Waals surface area contributed by atoms with Crippen LogP contribution in [-0.4, -0.2) is 80.0 Å². The van der Waals surface area contributed by atoms with E-state index in [1.807, 2.05) is 12.1 Å². The molecule has 1 aromatic carbocycles. The molecule has 1 atom stereocenters. The fourth-order valence-corrected chi connectivity index (χ4v) is 7.12. The van der Waals surface area contributed by atoms with Crippen molar-refractivity contribution >= 4 is 0 Å².